The third-order valence-corrected chi connectivity index (χ3v) is 3.95. The molecule has 0 atom stereocenters. The molecule has 0 amide bonds. The van der Waals surface area contributed by atoms with E-state index in [0.717, 1.165) is 15.8 Å². The van der Waals surface area contributed by atoms with E-state index in [1.165, 1.54) is 25.3 Å². The number of halogens is 1. The Bertz CT molecular complexity index is 794. The van der Waals surface area contributed by atoms with E-state index in [-0.39, 0.29) is 11.5 Å². The Kier molecular flexibility index (Phi) is 6.21. The van der Waals surface area contributed by atoms with Crippen LogP contribution in [0.25, 0.3) is 12.2 Å². The summed E-state index contributed by atoms with van der Waals surface area (Å²) in [7, 11) is 3.07. The van der Waals surface area contributed by atoms with Crippen molar-refractivity contribution in [3.8, 4) is 17.2 Å². The molecule has 2 aromatic carbocycles. The third kappa shape index (κ3) is 4.73. The maximum absolute atomic E-state index is 12.0. The molecule has 5 heteroatoms. The summed E-state index contributed by atoms with van der Waals surface area (Å²) in [6.45, 7) is 0. The van der Waals surface area contributed by atoms with Crippen molar-refractivity contribution in [1.82, 2.24) is 0 Å². The maximum atomic E-state index is 12.0. The zero-order chi connectivity index (χ0) is 17.5. The standard InChI is InChI=1S/C19H17BrO4/c1-23-16-5-3-4-13(10-16)6-8-15(21)9-7-14-11-18(22)19(24-2)12-17(14)20/h3-12,22H,1-2H3/b8-6+,9-7+. The molecule has 0 fully saturated rings. The number of benzene rings is 2. The van der Waals surface area contributed by atoms with E-state index < -0.39 is 0 Å². The van der Waals surface area contributed by atoms with Crippen molar-refractivity contribution in [3.63, 3.8) is 0 Å². The highest BCUT2D eigenvalue weighted by Gasteiger charge is 2.06. The number of phenolic OH excluding ortho intramolecular Hbond substituents is 1. The lowest BCUT2D eigenvalue weighted by Crippen LogP contribution is -1.88. The summed E-state index contributed by atoms with van der Waals surface area (Å²) in [5.74, 6) is 0.945. The fraction of sp³-hybridized carbons (Fsp3) is 0.105. The molecule has 0 saturated heterocycles. The number of ketones is 1. The lowest BCUT2D eigenvalue weighted by atomic mass is 10.1. The predicted molar refractivity (Wildman–Crippen MR) is 98.4 cm³/mol. The number of hydrogen-bond acceptors (Lipinski definition) is 4. The molecule has 0 saturated carbocycles. The predicted octanol–water partition coefficient (Wildman–Crippen LogP) is 4.47. The van der Waals surface area contributed by atoms with Crippen molar-refractivity contribution < 1.29 is 19.4 Å². The van der Waals surface area contributed by atoms with E-state index in [1.54, 1.807) is 25.3 Å². The largest absolute Gasteiger partial charge is 0.504 e. The summed E-state index contributed by atoms with van der Waals surface area (Å²) >= 11 is 3.38. The van der Waals surface area contributed by atoms with Crippen LogP contribution in [-0.4, -0.2) is 25.1 Å². The number of allylic oxidation sites excluding steroid dienone is 2. The number of hydrogen-bond donors (Lipinski definition) is 1. The zero-order valence-corrected chi connectivity index (χ0v) is 14.9. The number of carbonyl (C=O) groups excluding carboxylic acids is 1. The fourth-order valence-corrected chi connectivity index (χ4v) is 2.46. The highest BCUT2D eigenvalue weighted by Crippen LogP contribution is 2.32. The van der Waals surface area contributed by atoms with Crippen LogP contribution in [0.5, 0.6) is 17.2 Å². The molecule has 0 unspecified atom stereocenters. The van der Waals surface area contributed by atoms with E-state index in [2.05, 4.69) is 15.9 Å². The molecule has 0 radical (unpaired) electrons. The summed E-state index contributed by atoms with van der Waals surface area (Å²) in [6.07, 6.45) is 6.25. The third-order valence-electron chi connectivity index (χ3n) is 3.26. The van der Waals surface area contributed by atoms with E-state index in [4.69, 9.17) is 9.47 Å². The Morgan fingerprint density at radius 2 is 1.83 bits per heavy atom. The van der Waals surface area contributed by atoms with E-state index in [0.29, 0.717) is 11.3 Å². The lowest BCUT2D eigenvalue weighted by Gasteiger charge is -2.06. The van der Waals surface area contributed by atoms with Gasteiger partial charge in [0.05, 0.1) is 14.2 Å². The van der Waals surface area contributed by atoms with Gasteiger partial charge in [0.25, 0.3) is 0 Å². The number of aromatic hydroxyl groups is 1. The molecule has 2 aromatic rings. The molecular formula is C19H17BrO4. The molecule has 0 aliphatic rings. The molecule has 0 aliphatic carbocycles. The molecule has 124 valence electrons. The number of rotatable bonds is 6. The van der Waals surface area contributed by atoms with Gasteiger partial charge in [-0.1, -0.05) is 34.1 Å². The minimum Gasteiger partial charge on any atom is -0.504 e. The summed E-state index contributed by atoms with van der Waals surface area (Å²) in [6, 6.07) is 10.6. The maximum Gasteiger partial charge on any atom is 0.178 e. The van der Waals surface area contributed by atoms with Crippen molar-refractivity contribution in [2.75, 3.05) is 14.2 Å². The molecule has 0 aromatic heterocycles. The van der Waals surface area contributed by atoms with Crippen LogP contribution < -0.4 is 9.47 Å². The highest BCUT2D eigenvalue weighted by atomic mass is 79.9. The van der Waals surface area contributed by atoms with Gasteiger partial charge in [-0.15, -0.1) is 0 Å². The first kappa shape index (κ1) is 17.8. The van der Waals surface area contributed by atoms with Gasteiger partial charge in [0.1, 0.15) is 5.75 Å². The molecule has 0 aliphatic heterocycles. The van der Waals surface area contributed by atoms with Crippen molar-refractivity contribution in [2.45, 2.75) is 0 Å². The van der Waals surface area contributed by atoms with Gasteiger partial charge >= 0.3 is 0 Å². The Hall–Kier alpha value is -2.53. The van der Waals surface area contributed by atoms with Gasteiger partial charge in [0.15, 0.2) is 17.3 Å². The van der Waals surface area contributed by atoms with E-state index >= 15 is 0 Å². The van der Waals surface area contributed by atoms with Crippen LogP contribution in [0.4, 0.5) is 0 Å². The van der Waals surface area contributed by atoms with Crippen LogP contribution in [-0.2, 0) is 4.79 Å². The SMILES string of the molecule is COc1cccc(/C=C/C(=O)/C=C/c2cc(O)c(OC)cc2Br)c1. The Labute approximate surface area is 149 Å². The molecular weight excluding hydrogens is 372 g/mol. The molecule has 0 spiro atoms. The molecule has 4 nitrogen and oxygen atoms in total. The van der Waals surface area contributed by atoms with Crippen LogP contribution in [0.3, 0.4) is 0 Å². The average Bonchev–Trinajstić information content (AvgIpc) is 2.60. The van der Waals surface area contributed by atoms with Crippen LogP contribution in [0.15, 0.2) is 53.0 Å². The van der Waals surface area contributed by atoms with Gasteiger partial charge < -0.3 is 14.6 Å². The van der Waals surface area contributed by atoms with Crippen molar-refractivity contribution >= 4 is 33.9 Å². The second-order valence-corrected chi connectivity index (χ2v) is 5.75. The number of carbonyl (C=O) groups is 1. The van der Waals surface area contributed by atoms with Gasteiger partial charge in [0, 0.05) is 4.47 Å². The fourth-order valence-electron chi connectivity index (χ4n) is 2.00. The summed E-state index contributed by atoms with van der Waals surface area (Å²) in [5, 5.41) is 9.79. The van der Waals surface area contributed by atoms with Gasteiger partial charge in [0.2, 0.25) is 0 Å². The van der Waals surface area contributed by atoms with Gasteiger partial charge in [-0.25, -0.2) is 0 Å². The minimum atomic E-state index is -0.167. The smallest absolute Gasteiger partial charge is 0.178 e. The molecule has 0 bridgehead atoms. The second kappa shape index (κ2) is 8.36. The minimum absolute atomic E-state index is 0.0136. The van der Waals surface area contributed by atoms with Crippen molar-refractivity contribution in [1.29, 1.82) is 0 Å². The molecule has 0 heterocycles. The van der Waals surface area contributed by atoms with Gasteiger partial charge in [-0.2, -0.15) is 0 Å². The first-order chi connectivity index (χ1) is 11.5. The summed E-state index contributed by atoms with van der Waals surface area (Å²) in [5.41, 5.74) is 1.55. The first-order valence-electron chi connectivity index (χ1n) is 7.14. The van der Waals surface area contributed by atoms with Crippen LogP contribution >= 0.6 is 15.9 Å². The first-order valence-corrected chi connectivity index (χ1v) is 7.93. The molecule has 24 heavy (non-hydrogen) atoms. The summed E-state index contributed by atoms with van der Waals surface area (Å²) < 4.78 is 10.9. The van der Waals surface area contributed by atoms with E-state index in [9.17, 15) is 9.90 Å². The highest BCUT2D eigenvalue weighted by molar-refractivity contribution is 9.10. The van der Waals surface area contributed by atoms with Gasteiger partial charge in [-0.3, -0.25) is 4.79 Å². The second-order valence-electron chi connectivity index (χ2n) is 4.89. The van der Waals surface area contributed by atoms with Crippen LogP contribution in [0.1, 0.15) is 11.1 Å². The lowest BCUT2D eigenvalue weighted by molar-refractivity contribution is -0.110. The van der Waals surface area contributed by atoms with E-state index in [1.807, 2.05) is 24.3 Å². The average molecular weight is 389 g/mol. The normalized spacial score (nSPS) is 11.1. The van der Waals surface area contributed by atoms with Crippen molar-refractivity contribution in [2.24, 2.45) is 0 Å². The number of phenols is 1. The quantitative estimate of drug-likeness (QED) is 0.741. The topological polar surface area (TPSA) is 55.8 Å². The molecule has 1 N–H and O–H groups in total. The van der Waals surface area contributed by atoms with Crippen LogP contribution in [0, 0.1) is 0 Å². The Balaban J connectivity index is 2.10. The van der Waals surface area contributed by atoms with Crippen LogP contribution in [0.2, 0.25) is 0 Å². The van der Waals surface area contributed by atoms with Gasteiger partial charge in [-0.05, 0) is 53.6 Å². The Morgan fingerprint density at radius 3 is 2.54 bits per heavy atom. The molecule has 2 rings (SSSR count). The monoisotopic (exact) mass is 388 g/mol. The number of ether oxygens (including phenoxy) is 2. The Morgan fingerprint density at radius 1 is 1.08 bits per heavy atom. The zero-order valence-electron chi connectivity index (χ0n) is 13.3. The number of methoxy groups -OCH3 is 2. The summed E-state index contributed by atoms with van der Waals surface area (Å²) in [4.78, 5) is 12.0. The van der Waals surface area contributed by atoms with Crippen molar-refractivity contribution in [3.05, 3.63) is 64.1 Å².